The molecule has 2 fully saturated rings. The van der Waals surface area contributed by atoms with Gasteiger partial charge in [0, 0.05) is 30.7 Å². The van der Waals surface area contributed by atoms with Gasteiger partial charge < -0.3 is 9.64 Å². The lowest BCUT2D eigenvalue weighted by atomic mass is 10.1. The van der Waals surface area contributed by atoms with Gasteiger partial charge in [0.15, 0.2) is 0 Å². The van der Waals surface area contributed by atoms with Crippen LogP contribution in [0.1, 0.15) is 31.7 Å². The van der Waals surface area contributed by atoms with Crippen molar-refractivity contribution < 1.29 is 4.74 Å². The van der Waals surface area contributed by atoms with Crippen molar-refractivity contribution >= 4 is 6.08 Å². The highest BCUT2D eigenvalue weighted by Crippen LogP contribution is 2.30. The molecular formula is C19H28N2O. The lowest BCUT2D eigenvalue weighted by Gasteiger charge is -2.27. The van der Waals surface area contributed by atoms with E-state index in [1.807, 2.05) is 12.1 Å². The molecule has 0 radical (unpaired) electrons. The zero-order valence-electron chi connectivity index (χ0n) is 13.9. The lowest BCUT2D eigenvalue weighted by molar-refractivity contribution is 0.205. The van der Waals surface area contributed by atoms with E-state index in [0.29, 0.717) is 0 Å². The molecule has 0 aromatic heterocycles. The Kier molecular flexibility index (Phi) is 5.16. The van der Waals surface area contributed by atoms with Crippen LogP contribution in [-0.2, 0) is 0 Å². The molecule has 0 aliphatic carbocycles. The summed E-state index contributed by atoms with van der Waals surface area (Å²) in [4.78, 5) is 5.34. The van der Waals surface area contributed by atoms with Gasteiger partial charge in [0.2, 0.25) is 0 Å². The Hall–Kier alpha value is -1.32. The molecule has 2 unspecified atom stereocenters. The van der Waals surface area contributed by atoms with Crippen molar-refractivity contribution in [3.63, 3.8) is 0 Å². The van der Waals surface area contributed by atoms with E-state index >= 15 is 0 Å². The van der Waals surface area contributed by atoms with E-state index in [1.54, 1.807) is 7.11 Å². The summed E-state index contributed by atoms with van der Waals surface area (Å²) in [6, 6.07) is 9.75. The van der Waals surface area contributed by atoms with Gasteiger partial charge in [0.25, 0.3) is 0 Å². The van der Waals surface area contributed by atoms with Crippen molar-refractivity contribution in [2.45, 2.75) is 38.3 Å². The minimum atomic E-state index is 0.745. The first-order chi connectivity index (χ1) is 10.8. The molecule has 2 atom stereocenters. The number of hydrogen-bond donors (Lipinski definition) is 0. The van der Waals surface area contributed by atoms with Crippen molar-refractivity contribution in [2.24, 2.45) is 0 Å². The fourth-order valence-electron chi connectivity index (χ4n) is 3.93. The largest absolute Gasteiger partial charge is 0.496 e. The molecule has 3 rings (SSSR count). The number of likely N-dealkylation sites (N-methyl/N-ethyl adjacent to an activating group) is 1. The van der Waals surface area contributed by atoms with Gasteiger partial charge in [0.05, 0.1) is 7.11 Å². The van der Waals surface area contributed by atoms with Gasteiger partial charge in [0.1, 0.15) is 5.75 Å². The topological polar surface area (TPSA) is 15.7 Å². The number of likely N-dealkylation sites (tertiary alicyclic amines) is 1. The fourth-order valence-corrected chi connectivity index (χ4v) is 3.93. The zero-order chi connectivity index (χ0) is 15.4. The lowest BCUT2D eigenvalue weighted by Crippen LogP contribution is -2.39. The Labute approximate surface area is 134 Å². The van der Waals surface area contributed by atoms with Crippen LogP contribution in [0.3, 0.4) is 0 Å². The van der Waals surface area contributed by atoms with Gasteiger partial charge in [-0.25, -0.2) is 0 Å². The second-order valence-electron chi connectivity index (χ2n) is 6.41. The van der Waals surface area contributed by atoms with E-state index in [9.17, 15) is 0 Å². The van der Waals surface area contributed by atoms with Gasteiger partial charge in [-0.1, -0.05) is 37.3 Å². The molecule has 2 aliphatic rings. The van der Waals surface area contributed by atoms with Crippen LogP contribution in [0.5, 0.6) is 5.75 Å². The Morgan fingerprint density at radius 1 is 1.18 bits per heavy atom. The Bertz CT molecular complexity index is 514. The quantitative estimate of drug-likeness (QED) is 0.830. The minimum Gasteiger partial charge on any atom is -0.496 e. The van der Waals surface area contributed by atoms with Crippen LogP contribution in [0, 0.1) is 0 Å². The first-order valence-corrected chi connectivity index (χ1v) is 8.59. The van der Waals surface area contributed by atoms with Crippen LogP contribution < -0.4 is 4.74 Å². The van der Waals surface area contributed by atoms with Crippen LogP contribution in [0.2, 0.25) is 0 Å². The Morgan fingerprint density at radius 3 is 2.82 bits per heavy atom. The van der Waals surface area contributed by atoms with E-state index < -0.39 is 0 Å². The molecule has 120 valence electrons. The smallest absolute Gasteiger partial charge is 0.126 e. The van der Waals surface area contributed by atoms with Crippen LogP contribution in [0.25, 0.3) is 6.08 Å². The van der Waals surface area contributed by atoms with E-state index in [-0.39, 0.29) is 0 Å². The third kappa shape index (κ3) is 3.36. The number of fused-ring (bicyclic) bond motifs is 2. The van der Waals surface area contributed by atoms with Gasteiger partial charge in [-0.05, 0) is 38.4 Å². The summed E-state index contributed by atoms with van der Waals surface area (Å²) in [5, 5.41) is 0. The molecule has 2 heterocycles. The highest BCUT2D eigenvalue weighted by Gasteiger charge is 2.35. The van der Waals surface area contributed by atoms with Crippen LogP contribution in [-0.4, -0.2) is 55.2 Å². The number of methoxy groups -OCH3 is 1. The predicted molar refractivity (Wildman–Crippen MR) is 92.3 cm³/mol. The van der Waals surface area contributed by atoms with Crippen LogP contribution in [0.4, 0.5) is 0 Å². The van der Waals surface area contributed by atoms with Crippen molar-refractivity contribution in [1.29, 1.82) is 0 Å². The number of ether oxygens (including phenoxy) is 1. The summed E-state index contributed by atoms with van der Waals surface area (Å²) in [5.74, 6) is 0.953. The van der Waals surface area contributed by atoms with Crippen LogP contribution in [0.15, 0.2) is 30.3 Å². The highest BCUT2D eigenvalue weighted by atomic mass is 16.5. The number of nitrogens with zero attached hydrogens (tertiary/aromatic N) is 2. The maximum Gasteiger partial charge on any atom is 0.126 e. The molecule has 3 heteroatoms. The second-order valence-corrected chi connectivity index (χ2v) is 6.41. The molecule has 0 saturated carbocycles. The van der Waals surface area contributed by atoms with Crippen LogP contribution >= 0.6 is 0 Å². The maximum atomic E-state index is 5.42. The molecule has 0 amide bonds. The molecule has 1 aromatic rings. The fraction of sp³-hybridized carbons (Fsp3) is 0.579. The molecule has 1 aromatic carbocycles. The SMILES string of the molecule is CCN1CCC2CCC(C1)N2C/C=C/c1ccccc1OC. The summed E-state index contributed by atoms with van der Waals surface area (Å²) in [5.41, 5.74) is 1.17. The number of rotatable bonds is 5. The van der Waals surface area contributed by atoms with Gasteiger partial charge in [-0.2, -0.15) is 0 Å². The van der Waals surface area contributed by atoms with Crippen molar-refractivity contribution in [2.75, 3.05) is 33.3 Å². The second kappa shape index (κ2) is 7.30. The van der Waals surface area contributed by atoms with Crippen molar-refractivity contribution in [1.82, 2.24) is 9.80 Å². The third-order valence-corrected chi connectivity index (χ3v) is 5.22. The Balaban J connectivity index is 1.64. The van der Waals surface area contributed by atoms with E-state index in [1.165, 1.54) is 44.5 Å². The zero-order valence-corrected chi connectivity index (χ0v) is 13.9. The first kappa shape index (κ1) is 15.6. The van der Waals surface area contributed by atoms with Gasteiger partial charge >= 0.3 is 0 Å². The van der Waals surface area contributed by atoms with E-state index in [2.05, 4.69) is 41.0 Å². The molecule has 3 nitrogen and oxygen atoms in total. The molecule has 22 heavy (non-hydrogen) atoms. The summed E-state index contributed by atoms with van der Waals surface area (Å²) in [7, 11) is 1.74. The molecule has 2 bridgehead atoms. The average molecular weight is 300 g/mol. The average Bonchev–Trinajstić information content (AvgIpc) is 2.82. The summed E-state index contributed by atoms with van der Waals surface area (Å²) in [6.45, 7) is 7.05. The third-order valence-electron chi connectivity index (χ3n) is 5.22. The monoisotopic (exact) mass is 300 g/mol. The normalized spacial score (nSPS) is 26.5. The molecule has 2 saturated heterocycles. The van der Waals surface area contributed by atoms with Crippen molar-refractivity contribution in [3.05, 3.63) is 35.9 Å². The van der Waals surface area contributed by atoms with E-state index in [0.717, 1.165) is 24.4 Å². The maximum absolute atomic E-state index is 5.42. The van der Waals surface area contributed by atoms with Crippen molar-refractivity contribution in [3.8, 4) is 5.75 Å². The summed E-state index contributed by atoms with van der Waals surface area (Å²) < 4.78 is 5.42. The number of benzene rings is 1. The predicted octanol–water partition coefficient (Wildman–Crippen LogP) is 3.27. The summed E-state index contributed by atoms with van der Waals surface area (Å²) >= 11 is 0. The van der Waals surface area contributed by atoms with Gasteiger partial charge in [-0.3, -0.25) is 4.90 Å². The first-order valence-electron chi connectivity index (χ1n) is 8.59. The minimum absolute atomic E-state index is 0.745. The standard InChI is InChI=1S/C19H28N2O/c1-3-20-14-12-17-10-11-18(15-20)21(17)13-6-8-16-7-4-5-9-19(16)22-2/h4-9,17-18H,3,10-15H2,1-2H3/b8-6+. The highest BCUT2D eigenvalue weighted by molar-refractivity contribution is 5.57. The summed E-state index contributed by atoms with van der Waals surface area (Å²) in [6.07, 6.45) is 8.59. The van der Waals surface area contributed by atoms with E-state index in [4.69, 9.17) is 4.74 Å². The number of hydrogen-bond acceptors (Lipinski definition) is 3. The molecule has 0 spiro atoms. The van der Waals surface area contributed by atoms with Gasteiger partial charge in [-0.15, -0.1) is 0 Å². The molecule has 0 N–H and O–H groups in total. The molecule has 2 aliphatic heterocycles. The molecular weight excluding hydrogens is 272 g/mol. The Morgan fingerprint density at radius 2 is 2.00 bits per heavy atom. The number of para-hydroxylation sites is 1.